The van der Waals surface area contributed by atoms with E-state index >= 15 is 0 Å². The first kappa shape index (κ1) is 11.2. The van der Waals surface area contributed by atoms with E-state index in [0.717, 1.165) is 11.7 Å². The maximum Gasteiger partial charge on any atom is 0.191 e. The molecule has 2 rings (SSSR count). The molecule has 0 saturated heterocycles. The zero-order chi connectivity index (χ0) is 11.4. The molecular weight excluding hydrogens is 224 g/mol. The van der Waals surface area contributed by atoms with Crippen molar-refractivity contribution in [2.24, 2.45) is 4.99 Å². The summed E-state index contributed by atoms with van der Waals surface area (Å²) >= 11 is 5.76. The van der Waals surface area contributed by atoms with Crippen LogP contribution in [0.25, 0.3) is 0 Å². The third-order valence-electron chi connectivity index (χ3n) is 2.37. The summed E-state index contributed by atoms with van der Waals surface area (Å²) in [5.74, 6) is 0.833. The van der Waals surface area contributed by atoms with Crippen molar-refractivity contribution in [3.63, 3.8) is 0 Å². The molecule has 0 bridgehead atoms. The average Bonchev–Trinajstić information content (AvgIpc) is 3.10. The molecule has 2 N–H and O–H groups in total. The van der Waals surface area contributed by atoms with Crippen LogP contribution in [0.15, 0.2) is 23.3 Å². The Morgan fingerprint density at radius 1 is 1.56 bits per heavy atom. The first-order valence-corrected chi connectivity index (χ1v) is 5.73. The second-order valence-corrected chi connectivity index (χ2v) is 4.25. The lowest BCUT2D eigenvalue weighted by atomic mass is 10.3. The fourth-order valence-electron chi connectivity index (χ4n) is 1.30. The molecule has 0 radical (unpaired) electrons. The minimum Gasteiger partial charge on any atom is -0.354 e. The Labute approximate surface area is 100 Å². The van der Waals surface area contributed by atoms with Gasteiger partial charge in [0.05, 0.1) is 17.3 Å². The highest BCUT2D eigenvalue weighted by Crippen LogP contribution is 2.18. The molecule has 4 nitrogen and oxygen atoms in total. The molecule has 16 heavy (non-hydrogen) atoms. The van der Waals surface area contributed by atoms with Gasteiger partial charge in [0.15, 0.2) is 5.96 Å². The second-order valence-electron chi connectivity index (χ2n) is 3.81. The fraction of sp³-hybridized carbons (Fsp3) is 0.455. The molecule has 1 aromatic heterocycles. The zero-order valence-corrected chi connectivity index (χ0v) is 9.96. The number of nitrogens with zero attached hydrogens (tertiary/aromatic N) is 2. The number of guanidine groups is 1. The fourth-order valence-corrected chi connectivity index (χ4v) is 1.41. The number of aromatic nitrogens is 1. The van der Waals surface area contributed by atoms with Crippen molar-refractivity contribution in [2.75, 3.05) is 7.05 Å². The van der Waals surface area contributed by atoms with Gasteiger partial charge in [-0.15, -0.1) is 0 Å². The van der Waals surface area contributed by atoms with Crippen LogP contribution >= 0.6 is 11.6 Å². The van der Waals surface area contributed by atoms with Crippen molar-refractivity contribution >= 4 is 17.6 Å². The lowest BCUT2D eigenvalue weighted by Crippen LogP contribution is -2.38. The molecule has 0 atom stereocenters. The van der Waals surface area contributed by atoms with E-state index in [1.165, 1.54) is 12.8 Å². The number of aliphatic imine (C=N–C) groups is 1. The molecule has 0 spiro atoms. The second kappa shape index (κ2) is 5.16. The number of nitrogens with one attached hydrogen (secondary N) is 2. The van der Waals surface area contributed by atoms with E-state index in [-0.39, 0.29) is 0 Å². The third-order valence-corrected chi connectivity index (χ3v) is 2.59. The highest BCUT2D eigenvalue weighted by molar-refractivity contribution is 6.30. The van der Waals surface area contributed by atoms with Crippen LogP contribution in [0.2, 0.25) is 5.02 Å². The molecule has 0 amide bonds. The van der Waals surface area contributed by atoms with Crippen LogP contribution in [0.1, 0.15) is 18.5 Å². The van der Waals surface area contributed by atoms with Crippen LogP contribution in [0, 0.1) is 0 Å². The standard InChI is InChI=1S/C11H15ClN4/c1-13-11(16-9-4-5-9)15-7-10-3-2-8(12)6-14-10/h2-3,6,9H,4-5,7H2,1H3,(H2,13,15,16). The number of hydrogen-bond donors (Lipinski definition) is 2. The van der Waals surface area contributed by atoms with Gasteiger partial charge in [-0.1, -0.05) is 11.6 Å². The van der Waals surface area contributed by atoms with Crippen molar-refractivity contribution in [2.45, 2.75) is 25.4 Å². The Balaban J connectivity index is 1.82. The van der Waals surface area contributed by atoms with Crippen LogP contribution in [0.3, 0.4) is 0 Å². The van der Waals surface area contributed by atoms with E-state index in [1.54, 1.807) is 13.2 Å². The van der Waals surface area contributed by atoms with Gasteiger partial charge in [-0.3, -0.25) is 9.98 Å². The van der Waals surface area contributed by atoms with Crippen molar-refractivity contribution in [3.8, 4) is 0 Å². The smallest absolute Gasteiger partial charge is 0.191 e. The topological polar surface area (TPSA) is 49.3 Å². The zero-order valence-electron chi connectivity index (χ0n) is 9.20. The quantitative estimate of drug-likeness (QED) is 0.621. The van der Waals surface area contributed by atoms with Gasteiger partial charge in [0.1, 0.15) is 0 Å². The van der Waals surface area contributed by atoms with Crippen LogP contribution in [-0.4, -0.2) is 24.0 Å². The van der Waals surface area contributed by atoms with Gasteiger partial charge in [-0.25, -0.2) is 0 Å². The van der Waals surface area contributed by atoms with E-state index in [4.69, 9.17) is 11.6 Å². The molecule has 0 unspecified atom stereocenters. The van der Waals surface area contributed by atoms with Crippen LogP contribution in [0.5, 0.6) is 0 Å². The predicted molar refractivity (Wildman–Crippen MR) is 65.6 cm³/mol. The van der Waals surface area contributed by atoms with Gasteiger partial charge >= 0.3 is 0 Å². The molecule has 86 valence electrons. The van der Waals surface area contributed by atoms with Crippen LogP contribution in [-0.2, 0) is 6.54 Å². The molecule has 0 aliphatic heterocycles. The normalized spacial score (nSPS) is 16.0. The first-order chi connectivity index (χ1) is 7.78. The van der Waals surface area contributed by atoms with Crippen molar-refractivity contribution in [1.82, 2.24) is 15.6 Å². The van der Waals surface area contributed by atoms with Crippen LogP contribution < -0.4 is 10.6 Å². The number of pyridine rings is 1. The summed E-state index contributed by atoms with van der Waals surface area (Å²) in [6.07, 6.45) is 4.12. The van der Waals surface area contributed by atoms with Crippen LogP contribution in [0.4, 0.5) is 0 Å². The molecular formula is C11H15ClN4. The van der Waals surface area contributed by atoms with Gasteiger partial charge in [-0.05, 0) is 25.0 Å². The summed E-state index contributed by atoms with van der Waals surface area (Å²) < 4.78 is 0. The van der Waals surface area contributed by atoms with Gasteiger partial charge in [0, 0.05) is 19.3 Å². The van der Waals surface area contributed by atoms with E-state index < -0.39 is 0 Å². The molecule has 1 saturated carbocycles. The summed E-state index contributed by atoms with van der Waals surface area (Å²) in [6, 6.07) is 4.34. The maximum absolute atomic E-state index is 5.76. The SMILES string of the molecule is CN=C(NCc1ccc(Cl)cn1)NC1CC1. The molecule has 1 heterocycles. The van der Waals surface area contributed by atoms with Crippen molar-refractivity contribution in [3.05, 3.63) is 29.0 Å². The van der Waals surface area contributed by atoms with E-state index in [2.05, 4.69) is 20.6 Å². The van der Waals surface area contributed by atoms with Gasteiger partial charge in [0.25, 0.3) is 0 Å². The number of halogens is 1. The third kappa shape index (κ3) is 3.38. The maximum atomic E-state index is 5.76. The van der Waals surface area contributed by atoms with Gasteiger partial charge < -0.3 is 10.6 Å². The summed E-state index contributed by atoms with van der Waals surface area (Å²) in [5.41, 5.74) is 0.947. The average molecular weight is 239 g/mol. The van der Waals surface area contributed by atoms with E-state index in [9.17, 15) is 0 Å². The van der Waals surface area contributed by atoms with E-state index in [0.29, 0.717) is 17.6 Å². The lowest BCUT2D eigenvalue weighted by Gasteiger charge is -2.10. The summed E-state index contributed by atoms with van der Waals surface area (Å²) in [4.78, 5) is 8.34. The molecule has 1 fully saturated rings. The monoisotopic (exact) mass is 238 g/mol. The minimum absolute atomic E-state index is 0.601. The molecule has 5 heteroatoms. The van der Waals surface area contributed by atoms with Gasteiger partial charge in [-0.2, -0.15) is 0 Å². The van der Waals surface area contributed by atoms with Gasteiger partial charge in [0.2, 0.25) is 0 Å². The lowest BCUT2D eigenvalue weighted by molar-refractivity contribution is 0.791. The Morgan fingerprint density at radius 3 is 2.94 bits per heavy atom. The first-order valence-electron chi connectivity index (χ1n) is 5.35. The Hall–Kier alpha value is -1.29. The number of hydrogen-bond acceptors (Lipinski definition) is 2. The predicted octanol–water partition coefficient (Wildman–Crippen LogP) is 1.56. The summed E-state index contributed by atoms with van der Waals surface area (Å²) in [7, 11) is 1.77. The minimum atomic E-state index is 0.601. The Bertz CT molecular complexity index is 370. The van der Waals surface area contributed by atoms with E-state index in [1.807, 2.05) is 12.1 Å². The number of rotatable bonds is 3. The highest BCUT2D eigenvalue weighted by atomic mass is 35.5. The largest absolute Gasteiger partial charge is 0.354 e. The summed E-state index contributed by atoms with van der Waals surface area (Å²) in [5, 5.41) is 7.17. The molecule has 0 aromatic carbocycles. The van der Waals surface area contributed by atoms with Crippen molar-refractivity contribution < 1.29 is 0 Å². The molecule has 1 aliphatic rings. The Morgan fingerprint density at radius 2 is 2.38 bits per heavy atom. The highest BCUT2D eigenvalue weighted by Gasteiger charge is 2.21. The Kier molecular flexibility index (Phi) is 3.62. The van der Waals surface area contributed by atoms with Crippen molar-refractivity contribution in [1.29, 1.82) is 0 Å². The molecule has 1 aromatic rings. The summed E-state index contributed by atoms with van der Waals surface area (Å²) in [6.45, 7) is 0.656. The molecule has 1 aliphatic carbocycles.